The molecule has 9 nitrogen and oxygen atoms in total. The number of ether oxygens (including phenoxy) is 1. The van der Waals surface area contributed by atoms with Gasteiger partial charge in [0.1, 0.15) is 6.61 Å². The van der Waals surface area contributed by atoms with Crippen molar-refractivity contribution in [1.29, 1.82) is 0 Å². The fraction of sp³-hybridized carbons (Fsp3) is 0.688. The number of piperazine rings is 1. The molecule has 1 aromatic heterocycles. The summed E-state index contributed by atoms with van der Waals surface area (Å²) >= 11 is 0. The number of aryl methyl sites for hydroxylation is 1. The Kier molecular flexibility index (Phi) is 5.07. The largest absolute Gasteiger partial charge is 0.375 e. The van der Waals surface area contributed by atoms with Crippen LogP contribution in [0.1, 0.15) is 23.0 Å². The molecule has 2 amide bonds. The van der Waals surface area contributed by atoms with Gasteiger partial charge in [0.25, 0.3) is 5.91 Å². The van der Waals surface area contributed by atoms with Crippen LogP contribution in [0.2, 0.25) is 0 Å². The molecule has 0 N–H and O–H groups in total. The predicted molar refractivity (Wildman–Crippen MR) is 93.5 cm³/mol. The molecule has 3 rings (SSSR count). The van der Waals surface area contributed by atoms with Crippen LogP contribution in [0.4, 0.5) is 0 Å². The van der Waals surface area contributed by atoms with E-state index in [1.54, 1.807) is 14.5 Å². The third-order valence-corrected chi connectivity index (χ3v) is 6.86. The van der Waals surface area contributed by atoms with E-state index in [9.17, 15) is 18.0 Å². The zero-order valence-corrected chi connectivity index (χ0v) is 16.0. The first-order valence-electron chi connectivity index (χ1n) is 8.61. The van der Waals surface area contributed by atoms with Crippen LogP contribution in [0, 0.1) is 6.92 Å². The van der Waals surface area contributed by atoms with E-state index in [4.69, 9.17) is 4.74 Å². The zero-order chi connectivity index (χ0) is 19.1. The molecule has 0 bridgehead atoms. The van der Waals surface area contributed by atoms with Crippen molar-refractivity contribution >= 4 is 21.7 Å². The SMILES string of the molecule is CCn1ncc(C(=O)N2CCN(C(=O)COC)[C@@H]3CS(=O)(=O)C[C@@H]32)c1C. The van der Waals surface area contributed by atoms with Gasteiger partial charge in [0.15, 0.2) is 9.84 Å². The van der Waals surface area contributed by atoms with E-state index in [2.05, 4.69) is 5.10 Å². The number of hydrogen-bond acceptors (Lipinski definition) is 6. The standard InChI is InChI=1S/C16H24N4O5S/c1-4-20-11(2)12(7-17-20)16(22)19-6-5-18(15(21)8-25-3)13-9-26(23,24)10-14(13)19/h7,13-14H,4-6,8-10H2,1-3H3/t13-,14+/m1/s1. The summed E-state index contributed by atoms with van der Waals surface area (Å²) < 4.78 is 31.1. The van der Waals surface area contributed by atoms with Gasteiger partial charge in [-0.05, 0) is 13.8 Å². The lowest BCUT2D eigenvalue weighted by molar-refractivity contribution is -0.140. The molecular weight excluding hydrogens is 360 g/mol. The molecule has 26 heavy (non-hydrogen) atoms. The van der Waals surface area contributed by atoms with Gasteiger partial charge in [0.2, 0.25) is 5.91 Å². The smallest absolute Gasteiger partial charge is 0.257 e. The number of carbonyl (C=O) groups is 2. The zero-order valence-electron chi connectivity index (χ0n) is 15.2. The summed E-state index contributed by atoms with van der Waals surface area (Å²) in [7, 11) is -1.89. The van der Waals surface area contributed by atoms with Gasteiger partial charge in [-0.15, -0.1) is 0 Å². The minimum atomic E-state index is -3.32. The lowest BCUT2D eigenvalue weighted by Crippen LogP contribution is -2.62. The van der Waals surface area contributed by atoms with Gasteiger partial charge in [-0.25, -0.2) is 8.42 Å². The third-order valence-electron chi connectivity index (χ3n) is 5.16. The Labute approximate surface area is 152 Å². The molecule has 0 radical (unpaired) electrons. The minimum Gasteiger partial charge on any atom is -0.375 e. The Hall–Kier alpha value is -1.94. The fourth-order valence-electron chi connectivity index (χ4n) is 3.85. The summed E-state index contributed by atoms with van der Waals surface area (Å²) in [6.07, 6.45) is 1.53. The van der Waals surface area contributed by atoms with Crippen LogP contribution < -0.4 is 0 Å². The van der Waals surface area contributed by atoms with Crippen LogP contribution >= 0.6 is 0 Å². The van der Waals surface area contributed by atoms with E-state index >= 15 is 0 Å². The van der Waals surface area contributed by atoms with Gasteiger partial charge in [-0.2, -0.15) is 5.10 Å². The molecule has 144 valence electrons. The van der Waals surface area contributed by atoms with Gasteiger partial charge in [-0.3, -0.25) is 14.3 Å². The van der Waals surface area contributed by atoms with Crippen molar-refractivity contribution in [2.24, 2.45) is 0 Å². The Morgan fingerprint density at radius 3 is 2.42 bits per heavy atom. The summed E-state index contributed by atoms with van der Waals surface area (Å²) in [6.45, 7) is 4.91. The van der Waals surface area contributed by atoms with Crippen LogP contribution in [0.5, 0.6) is 0 Å². The number of hydrogen-bond donors (Lipinski definition) is 0. The average Bonchev–Trinajstić information content (AvgIpc) is 3.11. The molecule has 0 aliphatic carbocycles. The van der Waals surface area contributed by atoms with Gasteiger partial charge < -0.3 is 14.5 Å². The predicted octanol–water partition coefficient (Wildman–Crippen LogP) is -0.692. The molecule has 2 atom stereocenters. The molecule has 2 fully saturated rings. The van der Waals surface area contributed by atoms with Crippen LogP contribution in [0.15, 0.2) is 6.20 Å². The first kappa shape index (κ1) is 18.8. The monoisotopic (exact) mass is 384 g/mol. The maximum atomic E-state index is 13.1. The number of amides is 2. The highest BCUT2D eigenvalue weighted by Crippen LogP contribution is 2.28. The Balaban J connectivity index is 1.89. The molecule has 0 unspecified atom stereocenters. The number of aromatic nitrogens is 2. The van der Waals surface area contributed by atoms with E-state index in [-0.39, 0.29) is 29.9 Å². The van der Waals surface area contributed by atoms with Gasteiger partial charge in [0, 0.05) is 32.4 Å². The summed E-state index contributed by atoms with van der Waals surface area (Å²) in [4.78, 5) is 28.5. The average molecular weight is 384 g/mol. The second kappa shape index (κ2) is 6.99. The molecular formula is C16H24N4O5S. The van der Waals surface area contributed by atoms with Crippen molar-refractivity contribution < 1.29 is 22.7 Å². The number of carbonyl (C=O) groups excluding carboxylic acids is 2. The highest BCUT2D eigenvalue weighted by molar-refractivity contribution is 7.91. The lowest BCUT2D eigenvalue weighted by Gasteiger charge is -2.43. The van der Waals surface area contributed by atoms with Gasteiger partial charge >= 0.3 is 0 Å². The Morgan fingerprint density at radius 1 is 1.23 bits per heavy atom. The van der Waals surface area contributed by atoms with Crippen molar-refractivity contribution in [2.45, 2.75) is 32.5 Å². The number of sulfone groups is 1. The van der Waals surface area contributed by atoms with Gasteiger partial charge in [-0.1, -0.05) is 0 Å². The van der Waals surface area contributed by atoms with Crippen molar-refractivity contribution in [3.8, 4) is 0 Å². The van der Waals surface area contributed by atoms with E-state index in [0.29, 0.717) is 25.2 Å². The lowest BCUT2D eigenvalue weighted by atomic mass is 10.0. The number of rotatable bonds is 4. The first-order chi connectivity index (χ1) is 12.3. The van der Waals surface area contributed by atoms with Crippen LogP contribution in [0.3, 0.4) is 0 Å². The number of nitrogens with zero attached hydrogens (tertiary/aromatic N) is 4. The quantitative estimate of drug-likeness (QED) is 0.681. The summed E-state index contributed by atoms with van der Waals surface area (Å²) in [5, 5.41) is 4.20. The first-order valence-corrected chi connectivity index (χ1v) is 10.4. The van der Waals surface area contributed by atoms with Crippen molar-refractivity contribution in [2.75, 3.05) is 38.3 Å². The van der Waals surface area contributed by atoms with E-state index < -0.39 is 21.9 Å². The van der Waals surface area contributed by atoms with Crippen LogP contribution in [-0.2, 0) is 25.9 Å². The molecule has 0 spiro atoms. The van der Waals surface area contributed by atoms with Crippen molar-refractivity contribution in [1.82, 2.24) is 19.6 Å². The highest BCUT2D eigenvalue weighted by atomic mass is 32.2. The molecule has 2 aliphatic rings. The summed E-state index contributed by atoms with van der Waals surface area (Å²) in [6, 6.07) is -1.06. The molecule has 0 aromatic carbocycles. The fourth-order valence-corrected chi connectivity index (χ4v) is 5.83. The van der Waals surface area contributed by atoms with E-state index in [1.807, 2.05) is 13.8 Å². The number of methoxy groups -OCH3 is 1. The number of fused-ring (bicyclic) bond motifs is 1. The highest BCUT2D eigenvalue weighted by Gasteiger charge is 2.49. The van der Waals surface area contributed by atoms with E-state index in [1.165, 1.54) is 13.3 Å². The Morgan fingerprint density at radius 2 is 1.85 bits per heavy atom. The molecule has 10 heteroatoms. The minimum absolute atomic E-state index is 0.0976. The molecule has 0 saturated carbocycles. The molecule has 2 saturated heterocycles. The van der Waals surface area contributed by atoms with Crippen molar-refractivity contribution in [3.05, 3.63) is 17.5 Å². The summed E-state index contributed by atoms with van der Waals surface area (Å²) in [5.41, 5.74) is 1.24. The van der Waals surface area contributed by atoms with Crippen LogP contribution in [-0.4, -0.2) is 90.2 Å². The molecule has 3 heterocycles. The third kappa shape index (κ3) is 3.23. The van der Waals surface area contributed by atoms with Crippen molar-refractivity contribution in [3.63, 3.8) is 0 Å². The second-order valence-corrected chi connectivity index (χ2v) is 8.84. The summed E-state index contributed by atoms with van der Waals surface area (Å²) in [5.74, 6) is -0.722. The molecule has 2 aliphatic heterocycles. The second-order valence-electron chi connectivity index (χ2n) is 6.69. The maximum absolute atomic E-state index is 13.1. The van der Waals surface area contributed by atoms with E-state index in [0.717, 1.165) is 5.69 Å². The Bertz CT molecular complexity index is 819. The van der Waals surface area contributed by atoms with Gasteiger partial charge in [0.05, 0.1) is 35.3 Å². The van der Waals surface area contributed by atoms with Crippen LogP contribution in [0.25, 0.3) is 0 Å². The molecule has 1 aromatic rings. The topological polar surface area (TPSA) is 102 Å². The maximum Gasteiger partial charge on any atom is 0.257 e. The normalized spacial score (nSPS) is 24.6.